The molecule has 1 aromatic rings. The molecule has 98 valence electrons. The van der Waals surface area contributed by atoms with Crippen molar-refractivity contribution in [2.75, 3.05) is 25.1 Å². The molecular formula is C13H15BrFNO2. The van der Waals surface area contributed by atoms with E-state index in [1.54, 1.807) is 17.9 Å². The molecule has 1 fully saturated rings. The minimum Gasteiger partial charge on any atom is -0.377 e. The van der Waals surface area contributed by atoms with Gasteiger partial charge >= 0.3 is 0 Å². The quantitative estimate of drug-likeness (QED) is 0.784. The van der Waals surface area contributed by atoms with E-state index >= 15 is 0 Å². The summed E-state index contributed by atoms with van der Waals surface area (Å²) in [7, 11) is 0. The van der Waals surface area contributed by atoms with Gasteiger partial charge in [0.1, 0.15) is 5.82 Å². The SMILES string of the molecule is Cc1cc(F)cc(C(=O)N2CCOCC2CBr)c1. The van der Waals surface area contributed by atoms with Crippen molar-refractivity contribution in [2.24, 2.45) is 0 Å². The Hall–Kier alpha value is -0.940. The lowest BCUT2D eigenvalue weighted by Crippen LogP contribution is -2.49. The molecule has 5 heteroatoms. The van der Waals surface area contributed by atoms with Crippen LogP contribution in [-0.4, -0.2) is 41.9 Å². The van der Waals surface area contributed by atoms with Gasteiger partial charge in [-0.05, 0) is 30.7 Å². The van der Waals surface area contributed by atoms with Gasteiger partial charge < -0.3 is 9.64 Å². The van der Waals surface area contributed by atoms with Gasteiger partial charge in [-0.25, -0.2) is 4.39 Å². The number of carbonyl (C=O) groups is 1. The Bertz CT molecular complexity index is 432. The number of hydrogen-bond acceptors (Lipinski definition) is 2. The Balaban J connectivity index is 2.23. The van der Waals surface area contributed by atoms with Crippen LogP contribution in [0.25, 0.3) is 0 Å². The summed E-state index contributed by atoms with van der Waals surface area (Å²) in [6.07, 6.45) is 0. The lowest BCUT2D eigenvalue weighted by molar-refractivity contribution is 0.00522. The summed E-state index contributed by atoms with van der Waals surface area (Å²) in [5.41, 5.74) is 1.15. The van der Waals surface area contributed by atoms with E-state index in [0.717, 1.165) is 5.56 Å². The number of morpholine rings is 1. The number of halogens is 2. The highest BCUT2D eigenvalue weighted by molar-refractivity contribution is 9.09. The number of alkyl halides is 1. The average molecular weight is 316 g/mol. The first-order valence-electron chi connectivity index (χ1n) is 5.83. The molecule has 18 heavy (non-hydrogen) atoms. The molecule has 2 rings (SSSR count). The minimum atomic E-state index is -0.373. The third kappa shape index (κ3) is 2.90. The van der Waals surface area contributed by atoms with Crippen LogP contribution < -0.4 is 0 Å². The number of amides is 1. The van der Waals surface area contributed by atoms with Gasteiger partial charge in [0.15, 0.2) is 0 Å². The highest BCUT2D eigenvalue weighted by Crippen LogP contribution is 2.16. The van der Waals surface area contributed by atoms with Crippen molar-refractivity contribution in [1.82, 2.24) is 4.90 Å². The standard InChI is InChI=1S/C13H15BrFNO2/c1-9-4-10(6-11(15)5-9)13(17)16-2-3-18-8-12(16)7-14/h4-6,12H,2-3,7-8H2,1H3. The van der Waals surface area contributed by atoms with Crippen LogP contribution in [-0.2, 0) is 4.74 Å². The molecule has 1 aliphatic rings. The van der Waals surface area contributed by atoms with E-state index in [1.807, 2.05) is 0 Å². The predicted octanol–water partition coefficient (Wildman–Crippen LogP) is 2.37. The fourth-order valence-electron chi connectivity index (χ4n) is 2.08. The lowest BCUT2D eigenvalue weighted by Gasteiger charge is -2.34. The molecule has 1 aliphatic heterocycles. The fourth-order valence-corrected chi connectivity index (χ4v) is 2.61. The molecule has 0 saturated carbocycles. The number of nitrogens with zero attached hydrogens (tertiary/aromatic N) is 1. The first-order valence-corrected chi connectivity index (χ1v) is 6.96. The molecule has 0 bridgehead atoms. The Labute approximate surface area is 114 Å². The number of ether oxygens (including phenoxy) is 1. The van der Waals surface area contributed by atoms with Crippen LogP contribution in [0.15, 0.2) is 18.2 Å². The lowest BCUT2D eigenvalue weighted by atomic mass is 10.1. The first kappa shape index (κ1) is 13.5. The van der Waals surface area contributed by atoms with Gasteiger partial charge in [0, 0.05) is 17.4 Å². The van der Waals surface area contributed by atoms with Crippen LogP contribution in [0, 0.1) is 12.7 Å². The van der Waals surface area contributed by atoms with Gasteiger partial charge in [0.2, 0.25) is 0 Å². The summed E-state index contributed by atoms with van der Waals surface area (Å²) in [6, 6.07) is 4.43. The molecule has 0 radical (unpaired) electrons. The first-order chi connectivity index (χ1) is 8.61. The fraction of sp³-hybridized carbons (Fsp3) is 0.462. The summed E-state index contributed by atoms with van der Waals surface area (Å²) in [6.45, 7) is 3.38. The largest absolute Gasteiger partial charge is 0.377 e. The number of rotatable bonds is 2. The highest BCUT2D eigenvalue weighted by atomic mass is 79.9. The average Bonchev–Trinajstić information content (AvgIpc) is 2.36. The van der Waals surface area contributed by atoms with Crippen LogP contribution in [0.2, 0.25) is 0 Å². The zero-order chi connectivity index (χ0) is 13.1. The van der Waals surface area contributed by atoms with Crippen LogP contribution in [0.1, 0.15) is 15.9 Å². The van der Waals surface area contributed by atoms with E-state index in [1.165, 1.54) is 12.1 Å². The second-order valence-corrected chi connectivity index (χ2v) is 5.05. The summed E-state index contributed by atoms with van der Waals surface area (Å²) in [5.74, 6) is -0.507. The van der Waals surface area contributed by atoms with Gasteiger partial charge in [0.05, 0.1) is 19.3 Å². The molecule has 1 saturated heterocycles. The zero-order valence-corrected chi connectivity index (χ0v) is 11.7. The van der Waals surface area contributed by atoms with E-state index in [2.05, 4.69) is 15.9 Å². The molecule has 0 aliphatic carbocycles. The minimum absolute atomic E-state index is 0.00910. The smallest absolute Gasteiger partial charge is 0.254 e. The monoisotopic (exact) mass is 315 g/mol. The van der Waals surface area contributed by atoms with E-state index < -0.39 is 0 Å². The maximum Gasteiger partial charge on any atom is 0.254 e. The molecule has 1 amide bonds. The molecule has 0 N–H and O–H groups in total. The maximum absolute atomic E-state index is 13.3. The number of aryl methyl sites for hydroxylation is 1. The Morgan fingerprint density at radius 3 is 3.00 bits per heavy atom. The third-order valence-corrected chi connectivity index (χ3v) is 3.70. The normalized spacial score (nSPS) is 19.9. The second-order valence-electron chi connectivity index (χ2n) is 4.40. The summed E-state index contributed by atoms with van der Waals surface area (Å²) in [4.78, 5) is 14.1. The van der Waals surface area contributed by atoms with Crippen molar-refractivity contribution >= 4 is 21.8 Å². The van der Waals surface area contributed by atoms with Gasteiger partial charge in [-0.15, -0.1) is 0 Å². The second kappa shape index (κ2) is 5.80. The third-order valence-electron chi connectivity index (χ3n) is 2.96. The van der Waals surface area contributed by atoms with Gasteiger partial charge in [-0.3, -0.25) is 4.79 Å². The van der Waals surface area contributed by atoms with Gasteiger partial charge in [0.25, 0.3) is 5.91 Å². The predicted molar refractivity (Wildman–Crippen MR) is 70.6 cm³/mol. The number of benzene rings is 1. The van der Waals surface area contributed by atoms with Crippen LogP contribution in [0.3, 0.4) is 0 Å². The van der Waals surface area contributed by atoms with E-state index in [9.17, 15) is 9.18 Å². The maximum atomic E-state index is 13.3. The molecule has 1 aromatic carbocycles. The van der Waals surface area contributed by atoms with Gasteiger partial charge in [-0.2, -0.15) is 0 Å². The molecular weight excluding hydrogens is 301 g/mol. The topological polar surface area (TPSA) is 29.5 Å². The molecule has 1 heterocycles. The molecule has 3 nitrogen and oxygen atoms in total. The Morgan fingerprint density at radius 1 is 1.56 bits per heavy atom. The van der Waals surface area contributed by atoms with Gasteiger partial charge in [-0.1, -0.05) is 15.9 Å². The summed E-state index contributed by atoms with van der Waals surface area (Å²) >= 11 is 3.37. The van der Waals surface area contributed by atoms with Crippen molar-refractivity contribution in [1.29, 1.82) is 0 Å². The highest BCUT2D eigenvalue weighted by Gasteiger charge is 2.27. The van der Waals surface area contributed by atoms with Crippen molar-refractivity contribution in [3.05, 3.63) is 35.1 Å². The van der Waals surface area contributed by atoms with E-state index in [0.29, 0.717) is 30.7 Å². The molecule has 1 unspecified atom stereocenters. The van der Waals surface area contributed by atoms with E-state index in [4.69, 9.17) is 4.74 Å². The summed E-state index contributed by atoms with van der Waals surface area (Å²) in [5, 5.41) is 0.660. The summed E-state index contributed by atoms with van der Waals surface area (Å²) < 4.78 is 18.7. The van der Waals surface area contributed by atoms with Crippen molar-refractivity contribution < 1.29 is 13.9 Å². The number of carbonyl (C=O) groups excluding carboxylic acids is 1. The number of hydrogen-bond donors (Lipinski definition) is 0. The van der Waals surface area contributed by atoms with Crippen molar-refractivity contribution in [3.8, 4) is 0 Å². The Kier molecular flexibility index (Phi) is 4.35. The van der Waals surface area contributed by atoms with Crippen molar-refractivity contribution in [3.63, 3.8) is 0 Å². The molecule has 0 spiro atoms. The Morgan fingerprint density at radius 2 is 2.33 bits per heavy atom. The molecule has 1 atom stereocenters. The molecule has 0 aromatic heterocycles. The van der Waals surface area contributed by atoms with E-state index in [-0.39, 0.29) is 17.8 Å². The van der Waals surface area contributed by atoms with Crippen LogP contribution >= 0.6 is 15.9 Å². The van der Waals surface area contributed by atoms with Crippen LogP contribution in [0.4, 0.5) is 4.39 Å². The zero-order valence-electron chi connectivity index (χ0n) is 10.2. The van der Waals surface area contributed by atoms with Crippen LogP contribution in [0.5, 0.6) is 0 Å². The van der Waals surface area contributed by atoms with Crippen molar-refractivity contribution in [2.45, 2.75) is 13.0 Å².